The Morgan fingerprint density at radius 2 is 2.00 bits per heavy atom. The summed E-state index contributed by atoms with van der Waals surface area (Å²) in [6.07, 6.45) is 2.94. The quantitative estimate of drug-likeness (QED) is 0.194. The number of rotatable bonds is 9. The zero-order valence-corrected chi connectivity index (χ0v) is 23.6. The molecule has 0 amide bonds. The average Bonchev–Trinajstić information content (AvgIpc) is 2.84. The van der Waals surface area contributed by atoms with Gasteiger partial charge in [0.15, 0.2) is 17.6 Å². The van der Waals surface area contributed by atoms with Crippen LogP contribution in [0.25, 0.3) is 10.9 Å². The number of fused-ring (bicyclic) bond motifs is 1. The van der Waals surface area contributed by atoms with Crippen molar-refractivity contribution in [2.24, 2.45) is 5.10 Å². The van der Waals surface area contributed by atoms with E-state index in [1.165, 1.54) is 11.8 Å². The third-order valence-corrected chi connectivity index (χ3v) is 5.95. The molecule has 0 radical (unpaired) electrons. The molecular weight excluding hydrogens is 538 g/mol. The molecule has 9 heteroatoms. The number of hydrogen-bond donors (Lipinski definition) is 0. The topological polar surface area (TPSA) is 92.0 Å². The van der Waals surface area contributed by atoms with E-state index in [0.29, 0.717) is 40.2 Å². The lowest BCUT2D eigenvalue weighted by Crippen LogP contribution is -2.29. The van der Waals surface area contributed by atoms with Gasteiger partial charge in [-0.3, -0.25) is 4.79 Å². The van der Waals surface area contributed by atoms with Crippen molar-refractivity contribution in [3.63, 3.8) is 0 Å². The smallest absolute Gasteiger partial charge is 0.347 e. The summed E-state index contributed by atoms with van der Waals surface area (Å²) in [6.45, 7) is 13.4. The first-order valence-corrected chi connectivity index (χ1v) is 12.7. The van der Waals surface area contributed by atoms with Crippen molar-refractivity contribution < 1.29 is 19.0 Å². The summed E-state index contributed by atoms with van der Waals surface area (Å²) in [5, 5.41) is 5.01. The molecule has 0 aliphatic carbocycles. The van der Waals surface area contributed by atoms with Gasteiger partial charge in [-0.2, -0.15) is 9.78 Å². The Bertz CT molecular complexity index is 1410. The minimum atomic E-state index is -0.826. The fraction of sp³-hybridized carbons (Fsp3) is 0.357. The average molecular weight is 570 g/mol. The summed E-state index contributed by atoms with van der Waals surface area (Å²) in [4.78, 5) is 30.3. The molecule has 0 saturated carbocycles. The molecular formula is C28H32BrN3O5. The Hall–Kier alpha value is -3.46. The third kappa shape index (κ3) is 6.46. The molecule has 8 nitrogen and oxygen atoms in total. The largest absolute Gasteiger partial charge is 0.493 e. The number of methoxy groups -OCH3 is 1. The van der Waals surface area contributed by atoms with Crippen LogP contribution in [0, 0.1) is 0 Å². The number of aromatic nitrogens is 2. The van der Waals surface area contributed by atoms with Crippen LogP contribution in [0.1, 0.15) is 51.6 Å². The van der Waals surface area contributed by atoms with Crippen LogP contribution in [0.4, 0.5) is 0 Å². The van der Waals surface area contributed by atoms with E-state index in [1.54, 1.807) is 38.3 Å². The Morgan fingerprint density at radius 3 is 2.62 bits per heavy atom. The standard InChI is InChI=1S/C28H32BrN3O5/c1-8-10-19-13-18(14-23(35-7)24(19)37-17(3)26(34)36-9-2)16-30-32-25(33)21-15-20(29)11-12-22(21)31-27(32)28(4,5)6/h8,11-17H,1,9-10H2,2-7H3/t17-/m0/s1. The van der Waals surface area contributed by atoms with Gasteiger partial charge in [0.1, 0.15) is 5.82 Å². The van der Waals surface area contributed by atoms with Crippen LogP contribution >= 0.6 is 15.9 Å². The summed E-state index contributed by atoms with van der Waals surface area (Å²) in [6, 6.07) is 9.00. The maximum Gasteiger partial charge on any atom is 0.347 e. The molecule has 0 spiro atoms. The number of hydrogen-bond acceptors (Lipinski definition) is 7. The maximum atomic E-state index is 13.4. The van der Waals surface area contributed by atoms with E-state index in [-0.39, 0.29) is 12.2 Å². The normalized spacial score (nSPS) is 12.5. The van der Waals surface area contributed by atoms with Gasteiger partial charge in [-0.1, -0.05) is 42.8 Å². The number of carbonyl (C=O) groups is 1. The van der Waals surface area contributed by atoms with Gasteiger partial charge in [0.25, 0.3) is 5.56 Å². The summed E-state index contributed by atoms with van der Waals surface area (Å²) in [5.74, 6) is 0.903. The van der Waals surface area contributed by atoms with Crippen LogP contribution < -0.4 is 15.0 Å². The lowest BCUT2D eigenvalue weighted by molar-refractivity contribution is -0.150. The van der Waals surface area contributed by atoms with E-state index in [2.05, 4.69) is 27.6 Å². The van der Waals surface area contributed by atoms with Crippen LogP contribution in [0.5, 0.6) is 11.5 Å². The second kappa shape index (κ2) is 11.7. The molecule has 196 valence electrons. The number of esters is 1. The SMILES string of the molecule is C=CCc1cc(C=Nn2c(C(C)(C)C)nc3ccc(Br)cc3c2=O)cc(OC)c1O[C@@H](C)C(=O)OCC. The highest BCUT2D eigenvalue weighted by atomic mass is 79.9. The Morgan fingerprint density at radius 1 is 1.27 bits per heavy atom. The first-order chi connectivity index (χ1) is 17.5. The van der Waals surface area contributed by atoms with Gasteiger partial charge >= 0.3 is 5.97 Å². The Labute approximate surface area is 225 Å². The Kier molecular flexibility index (Phi) is 8.91. The van der Waals surface area contributed by atoms with Crippen molar-refractivity contribution in [2.45, 2.75) is 52.6 Å². The lowest BCUT2D eigenvalue weighted by Gasteiger charge is -2.21. The molecule has 1 atom stereocenters. The molecule has 0 unspecified atom stereocenters. The molecule has 1 aromatic heterocycles. The number of nitrogens with zero attached hydrogens (tertiary/aromatic N) is 3. The summed E-state index contributed by atoms with van der Waals surface area (Å²) in [7, 11) is 1.52. The van der Waals surface area contributed by atoms with Gasteiger partial charge in [0, 0.05) is 15.5 Å². The molecule has 3 aromatic rings. The Balaban J connectivity index is 2.12. The molecule has 0 bridgehead atoms. The molecule has 3 rings (SSSR count). The molecule has 2 aromatic carbocycles. The second-order valence-corrected chi connectivity index (χ2v) is 10.3. The highest BCUT2D eigenvalue weighted by Gasteiger charge is 2.24. The first-order valence-electron chi connectivity index (χ1n) is 11.9. The number of halogens is 1. The van der Waals surface area contributed by atoms with E-state index in [1.807, 2.05) is 39.0 Å². The van der Waals surface area contributed by atoms with Gasteiger partial charge < -0.3 is 14.2 Å². The van der Waals surface area contributed by atoms with Gasteiger partial charge in [0.05, 0.1) is 30.8 Å². The van der Waals surface area contributed by atoms with Crippen molar-refractivity contribution in [2.75, 3.05) is 13.7 Å². The van der Waals surface area contributed by atoms with E-state index in [0.717, 1.165) is 10.0 Å². The minimum absolute atomic E-state index is 0.259. The molecule has 0 aliphatic rings. The number of benzene rings is 2. The zero-order valence-electron chi connectivity index (χ0n) is 22.0. The maximum absolute atomic E-state index is 13.4. The predicted octanol–water partition coefficient (Wildman–Crippen LogP) is 5.41. The van der Waals surface area contributed by atoms with E-state index in [4.69, 9.17) is 19.2 Å². The summed E-state index contributed by atoms with van der Waals surface area (Å²) < 4.78 is 18.7. The summed E-state index contributed by atoms with van der Waals surface area (Å²) >= 11 is 3.43. The molecule has 37 heavy (non-hydrogen) atoms. The van der Waals surface area contributed by atoms with Gasteiger partial charge in [-0.15, -0.1) is 6.58 Å². The van der Waals surface area contributed by atoms with Crippen LogP contribution in [0.3, 0.4) is 0 Å². The van der Waals surface area contributed by atoms with Gasteiger partial charge in [0.2, 0.25) is 0 Å². The van der Waals surface area contributed by atoms with Crippen molar-refractivity contribution in [3.05, 3.63) is 74.8 Å². The molecule has 0 aliphatic heterocycles. The van der Waals surface area contributed by atoms with Crippen LogP contribution in [0.2, 0.25) is 0 Å². The fourth-order valence-corrected chi connectivity index (χ4v) is 4.06. The van der Waals surface area contributed by atoms with Crippen molar-refractivity contribution >= 4 is 39.0 Å². The lowest BCUT2D eigenvalue weighted by atomic mass is 9.95. The van der Waals surface area contributed by atoms with Crippen LogP contribution in [0.15, 0.2) is 57.4 Å². The number of allylic oxidation sites excluding steroid dienone is 1. The first kappa shape index (κ1) is 28.1. The number of carbonyl (C=O) groups excluding carboxylic acids is 1. The second-order valence-electron chi connectivity index (χ2n) is 9.42. The minimum Gasteiger partial charge on any atom is -0.493 e. The third-order valence-electron chi connectivity index (χ3n) is 5.45. The van der Waals surface area contributed by atoms with E-state index >= 15 is 0 Å². The monoisotopic (exact) mass is 569 g/mol. The molecule has 0 fully saturated rings. The van der Waals surface area contributed by atoms with Crippen molar-refractivity contribution in [1.29, 1.82) is 0 Å². The van der Waals surface area contributed by atoms with Crippen molar-refractivity contribution in [3.8, 4) is 11.5 Å². The van der Waals surface area contributed by atoms with E-state index < -0.39 is 17.5 Å². The van der Waals surface area contributed by atoms with Gasteiger partial charge in [-0.25, -0.2) is 9.78 Å². The molecule has 1 heterocycles. The van der Waals surface area contributed by atoms with Gasteiger partial charge in [-0.05, 0) is 56.2 Å². The molecule has 0 saturated heterocycles. The zero-order chi connectivity index (χ0) is 27.3. The van der Waals surface area contributed by atoms with E-state index in [9.17, 15) is 9.59 Å². The van der Waals surface area contributed by atoms with Crippen molar-refractivity contribution in [1.82, 2.24) is 9.66 Å². The highest BCUT2D eigenvalue weighted by Crippen LogP contribution is 2.34. The summed E-state index contributed by atoms with van der Waals surface area (Å²) in [5.41, 5.74) is 1.32. The highest BCUT2D eigenvalue weighted by molar-refractivity contribution is 9.10. The fourth-order valence-electron chi connectivity index (χ4n) is 3.70. The molecule has 0 N–H and O–H groups in total. The number of ether oxygens (including phenoxy) is 3. The van der Waals surface area contributed by atoms with Crippen LogP contribution in [-0.2, 0) is 21.4 Å². The van der Waals surface area contributed by atoms with Crippen LogP contribution in [-0.4, -0.2) is 41.7 Å². The predicted molar refractivity (Wildman–Crippen MR) is 149 cm³/mol.